The molecule has 0 saturated carbocycles. The quantitative estimate of drug-likeness (QED) is 0.770. The van der Waals surface area contributed by atoms with Crippen molar-refractivity contribution in [3.8, 4) is 0 Å². The van der Waals surface area contributed by atoms with Crippen LogP contribution in [0, 0.1) is 17.6 Å². The number of rotatable bonds is 3. The Labute approximate surface area is 170 Å². The molecule has 0 spiro atoms. The number of nitrogens with one attached hydrogen (secondary N) is 1. The highest BCUT2D eigenvalue weighted by molar-refractivity contribution is 7.97. The van der Waals surface area contributed by atoms with E-state index in [9.17, 15) is 18.4 Å². The average molecular weight is 413 g/mol. The van der Waals surface area contributed by atoms with E-state index in [0.717, 1.165) is 29.5 Å². The van der Waals surface area contributed by atoms with Crippen LogP contribution in [0.2, 0.25) is 0 Å². The highest BCUT2D eigenvalue weighted by Crippen LogP contribution is 2.42. The van der Waals surface area contributed by atoms with Crippen LogP contribution in [-0.4, -0.2) is 40.3 Å². The Morgan fingerprint density at radius 1 is 1.14 bits per heavy atom. The second-order valence-electron chi connectivity index (χ2n) is 7.39. The zero-order chi connectivity index (χ0) is 20.1. The van der Waals surface area contributed by atoms with E-state index in [1.54, 1.807) is 17.0 Å². The molecular formula is C21H17F2N3O2S. The fraction of sp³-hybridized carbons (Fsp3) is 0.238. The van der Waals surface area contributed by atoms with E-state index in [1.165, 1.54) is 34.6 Å². The monoisotopic (exact) mass is 413 g/mol. The van der Waals surface area contributed by atoms with Crippen LogP contribution in [0.15, 0.2) is 53.4 Å². The van der Waals surface area contributed by atoms with Gasteiger partial charge in [-0.1, -0.05) is 18.2 Å². The van der Waals surface area contributed by atoms with Gasteiger partial charge in [-0.2, -0.15) is 0 Å². The molecule has 0 radical (unpaired) electrons. The molecule has 1 fully saturated rings. The Hall–Kier alpha value is -2.87. The summed E-state index contributed by atoms with van der Waals surface area (Å²) in [6.45, 7) is 0.506. The van der Waals surface area contributed by atoms with Gasteiger partial charge in [-0.05, 0) is 65.8 Å². The van der Waals surface area contributed by atoms with Gasteiger partial charge in [0.05, 0.1) is 16.6 Å². The molecule has 3 amide bonds. The highest BCUT2D eigenvalue weighted by atomic mass is 32.2. The van der Waals surface area contributed by atoms with Crippen molar-refractivity contribution in [1.29, 1.82) is 0 Å². The number of fused-ring (bicyclic) bond motifs is 3. The maximum Gasteiger partial charge on any atom is 0.332 e. The Balaban J connectivity index is 1.31. The molecule has 2 bridgehead atoms. The van der Waals surface area contributed by atoms with Crippen LogP contribution < -0.4 is 5.32 Å². The molecule has 8 heteroatoms. The lowest BCUT2D eigenvalue weighted by molar-refractivity contribution is -0.131. The number of carbonyl (C=O) groups is 2. The van der Waals surface area contributed by atoms with Gasteiger partial charge in [0.2, 0.25) is 5.91 Å². The number of likely N-dealkylation sites (tertiary alicyclic amines) is 1. The molecular weight excluding hydrogens is 396 g/mol. The number of nitrogens with zero attached hydrogens (tertiary/aromatic N) is 2. The maximum absolute atomic E-state index is 13.5. The minimum absolute atomic E-state index is 0.0689. The SMILES string of the molecule is O=C1Nc2ccc(F)cc2SN1CC(=O)N1CC2C=C(c3ccc(F)cc3)C1C2. The van der Waals surface area contributed by atoms with Crippen molar-refractivity contribution < 1.29 is 18.4 Å². The van der Waals surface area contributed by atoms with E-state index >= 15 is 0 Å². The summed E-state index contributed by atoms with van der Waals surface area (Å²) >= 11 is 1.06. The minimum Gasteiger partial charge on any atom is -0.333 e. The first-order valence-electron chi connectivity index (χ1n) is 9.31. The third-order valence-corrected chi connectivity index (χ3v) is 6.55. The molecule has 2 heterocycles. The summed E-state index contributed by atoms with van der Waals surface area (Å²) in [6.07, 6.45) is 2.99. The lowest BCUT2D eigenvalue weighted by Crippen LogP contribution is -2.45. The summed E-state index contributed by atoms with van der Waals surface area (Å²) in [5, 5.41) is 2.69. The first kappa shape index (κ1) is 18.2. The lowest BCUT2D eigenvalue weighted by atomic mass is 10.00. The number of amides is 3. The molecule has 2 aromatic carbocycles. The van der Waals surface area contributed by atoms with E-state index in [0.29, 0.717) is 17.1 Å². The van der Waals surface area contributed by atoms with Crippen LogP contribution in [-0.2, 0) is 4.79 Å². The summed E-state index contributed by atoms with van der Waals surface area (Å²) in [5.41, 5.74) is 2.47. The number of halogens is 2. The van der Waals surface area contributed by atoms with E-state index in [1.807, 2.05) is 0 Å². The zero-order valence-electron chi connectivity index (χ0n) is 15.3. The number of hydrogen-bond donors (Lipinski definition) is 1. The van der Waals surface area contributed by atoms with Crippen LogP contribution in [0.1, 0.15) is 12.0 Å². The van der Waals surface area contributed by atoms with Crippen LogP contribution >= 0.6 is 11.9 Å². The molecule has 2 atom stereocenters. The van der Waals surface area contributed by atoms with E-state index < -0.39 is 11.8 Å². The molecule has 2 aliphatic heterocycles. The Morgan fingerprint density at radius 2 is 1.90 bits per heavy atom. The number of urea groups is 1. The maximum atomic E-state index is 13.5. The van der Waals surface area contributed by atoms with Crippen molar-refractivity contribution in [2.75, 3.05) is 18.4 Å². The molecule has 5 nitrogen and oxygen atoms in total. The molecule has 2 unspecified atom stereocenters. The topological polar surface area (TPSA) is 52.7 Å². The largest absolute Gasteiger partial charge is 0.333 e. The number of hydrogen-bond acceptors (Lipinski definition) is 3. The van der Waals surface area contributed by atoms with Crippen molar-refractivity contribution in [1.82, 2.24) is 9.21 Å². The fourth-order valence-corrected chi connectivity index (χ4v) is 5.11. The third-order valence-electron chi connectivity index (χ3n) is 5.50. The Bertz CT molecular complexity index is 1040. The van der Waals surface area contributed by atoms with Crippen molar-refractivity contribution in [2.45, 2.75) is 17.4 Å². The van der Waals surface area contributed by atoms with Crippen molar-refractivity contribution in [3.63, 3.8) is 0 Å². The normalized spacial score (nSPS) is 22.4. The Morgan fingerprint density at radius 3 is 2.66 bits per heavy atom. The fourth-order valence-electron chi connectivity index (χ4n) is 4.19. The second-order valence-corrected chi connectivity index (χ2v) is 8.45. The Kier molecular flexibility index (Phi) is 4.31. The average Bonchev–Trinajstić information content (AvgIpc) is 3.30. The van der Waals surface area contributed by atoms with Crippen LogP contribution in [0.4, 0.5) is 19.3 Å². The molecule has 148 valence electrons. The van der Waals surface area contributed by atoms with Gasteiger partial charge >= 0.3 is 6.03 Å². The van der Waals surface area contributed by atoms with E-state index in [2.05, 4.69) is 11.4 Å². The van der Waals surface area contributed by atoms with Gasteiger partial charge < -0.3 is 10.2 Å². The van der Waals surface area contributed by atoms with E-state index in [-0.39, 0.29) is 30.2 Å². The van der Waals surface area contributed by atoms with Crippen LogP contribution in [0.5, 0.6) is 0 Å². The molecule has 1 N–H and O–H groups in total. The predicted molar refractivity (Wildman–Crippen MR) is 106 cm³/mol. The van der Waals surface area contributed by atoms with Gasteiger partial charge in [-0.25, -0.2) is 13.6 Å². The summed E-state index contributed by atoms with van der Waals surface area (Å²) in [6, 6.07) is 9.94. The van der Waals surface area contributed by atoms with Gasteiger partial charge in [0.1, 0.15) is 18.2 Å². The van der Waals surface area contributed by atoms with Crippen molar-refractivity contribution in [2.24, 2.45) is 5.92 Å². The highest BCUT2D eigenvalue weighted by Gasteiger charge is 2.42. The first-order chi connectivity index (χ1) is 14.0. The molecule has 1 aliphatic carbocycles. The molecule has 29 heavy (non-hydrogen) atoms. The lowest BCUT2D eigenvalue weighted by Gasteiger charge is -2.32. The minimum atomic E-state index is -0.402. The molecule has 3 aliphatic rings. The summed E-state index contributed by atoms with van der Waals surface area (Å²) in [5.74, 6) is -0.589. The standard InChI is InChI=1S/C21H17F2N3O2S/c22-14-3-1-13(2-4-14)16-7-12-8-18(16)25(10-12)20(27)11-26-21(28)24-17-6-5-15(23)9-19(17)29-26/h1-7,9,12,18H,8,10-11H2,(H,24,28). The third kappa shape index (κ3) is 3.27. The summed E-state index contributed by atoms with van der Waals surface area (Å²) in [7, 11) is 0. The van der Waals surface area contributed by atoms with Crippen LogP contribution in [0.25, 0.3) is 5.57 Å². The van der Waals surface area contributed by atoms with Gasteiger partial charge in [0.15, 0.2) is 0 Å². The van der Waals surface area contributed by atoms with Crippen molar-refractivity contribution in [3.05, 3.63) is 65.7 Å². The second kappa shape index (κ2) is 6.88. The summed E-state index contributed by atoms with van der Waals surface area (Å²) < 4.78 is 28.1. The van der Waals surface area contributed by atoms with E-state index in [4.69, 9.17) is 0 Å². The number of anilines is 1. The number of benzene rings is 2. The molecule has 2 aromatic rings. The molecule has 1 saturated heterocycles. The first-order valence-corrected chi connectivity index (χ1v) is 10.1. The van der Waals surface area contributed by atoms with Gasteiger partial charge in [0, 0.05) is 6.54 Å². The van der Waals surface area contributed by atoms with Gasteiger partial charge in [-0.3, -0.25) is 9.10 Å². The zero-order valence-corrected chi connectivity index (χ0v) is 16.1. The van der Waals surface area contributed by atoms with Crippen molar-refractivity contribution >= 4 is 35.1 Å². The van der Waals surface area contributed by atoms with Gasteiger partial charge in [0.25, 0.3) is 0 Å². The number of carbonyl (C=O) groups excluding carboxylic acids is 2. The smallest absolute Gasteiger partial charge is 0.332 e. The molecule has 5 rings (SSSR count). The summed E-state index contributed by atoms with van der Waals surface area (Å²) in [4.78, 5) is 27.7. The van der Waals surface area contributed by atoms with Crippen LogP contribution in [0.3, 0.4) is 0 Å². The molecule has 0 aromatic heterocycles. The van der Waals surface area contributed by atoms with Gasteiger partial charge in [-0.15, -0.1) is 0 Å². The predicted octanol–water partition coefficient (Wildman–Crippen LogP) is 4.13.